The van der Waals surface area contributed by atoms with E-state index in [2.05, 4.69) is 11.8 Å². The van der Waals surface area contributed by atoms with Gasteiger partial charge in [0.15, 0.2) is 0 Å². The van der Waals surface area contributed by atoms with Crippen LogP contribution in [0.3, 0.4) is 0 Å². The van der Waals surface area contributed by atoms with Crippen molar-refractivity contribution in [3.05, 3.63) is 35.4 Å². The molecule has 1 fully saturated rings. The lowest BCUT2D eigenvalue weighted by molar-refractivity contribution is -0.0858. The summed E-state index contributed by atoms with van der Waals surface area (Å²) in [5.74, 6) is 5.27. The Labute approximate surface area is 124 Å². The monoisotopic (exact) mass is 289 g/mol. The van der Waals surface area contributed by atoms with Crippen LogP contribution in [-0.2, 0) is 4.74 Å². The van der Waals surface area contributed by atoms with Crippen LogP contribution in [0.2, 0.25) is 0 Å². The molecule has 0 saturated carbocycles. The average Bonchev–Trinajstić information content (AvgIpc) is 2.52. The van der Waals surface area contributed by atoms with Gasteiger partial charge in [0.05, 0.1) is 18.8 Å². The van der Waals surface area contributed by atoms with Gasteiger partial charge in [-0.1, -0.05) is 11.8 Å². The van der Waals surface area contributed by atoms with E-state index in [1.165, 1.54) is 0 Å². The van der Waals surface area contributed by atoms with Gasteiger partial charge in [0.25, 0.3) is 5.91 Å². The molecule has 1 aromatic rings. The van der Waals surface area contributed by atoms with E-state index in [4.69, 9.17) is 9.84 Å². The van der Waals surface area contributed by atoms with Gasteiger partial charge in [-0.25, -0.2) is 0 Å². The number of morpholine rings is 1. The third-order valence-corrected chi connectivity index (χ3v) is 3.26. The number of carbonyl (C=O) groups is 1. The van der Waals surface area contributed by atoms with Crippen LogP contribution in [0.4, 0.5) is 0 Å². The molecule has 1 heterocycles. The smallest absolute Gasteiger partial charge is 0.254 e. The van der Waals surface area contributed by atoms with Crippen LogP contribution < -0.4 is 0 Å². The number of amides is 1. The van der Waals surface area contributed by atoms with Crippen molar-refractivity contribution in [3.8, 4) is 11.8 Å². The molecule has 2 rings (SSSR count). The molecular weight excluding hydrogens is 270 g/mol. The number of hydrogen-bond acceptors (Lipinski definition) is 4. The fourth-order valence-electron chi connectivity index (χ4n) is 2.33. The Balaban J connectivity index is 2.08. The summed E-state index contributed by atoms with van der Waals surface area (Å²) in [6.45, 7) is 2.52. The second kappa shape index (κ2) is 7.23. The summed E-state index contributed by atoms with van der Waals surface area (Å²) in [6.07, 6.45) is -0.415. The van der Waals surface area contributed by atoms with Crippen molar-refractivity contribution in [1.29, 1.82) is 0 Å². The first kappa shape index (κ1) is 15.5. The Hall–Kier alpha value is -1.87. The molecule has 0 aliphatic carbocycles. The van der Waals surface area contributed by atoms with Crippen LogP contribution in [0, 0.1) is 11.8 Å². The van der Waals surface area contributed by atoms with Gasteiger partial charge in [-0.3, -0.25) is 4.79 Å². The summed E-state index contributed by atoms with van der Waals surface area (Å²) in [4.78, 5) is 14.1. The molecule has 1 aliphatic heterocycles. The number of aliphatic hydroxyl groups is 2. The average molecular weight is 289 g/mol. The van der Waals surface area contributed by atoms with Gasteiger partial charge in [-0.05, 0) is 31.2 Å². The molecule has 1 saturated heterocycles. The van der Waals surface area contributed by atoms with E-state index >= 15 is 0 Å². The molecular formula is C16H19NO4. The predicted octanol–water partition coefficient (Wildman–Crippen LogP) is 0.252. The van der Waals surface area contributed by atoms with Crippen molar-refractivity contribution < 1.29 is 19.7 Å². The summed E-state index contributed by atoms with van der Waals surface area (Å²) in [5.41, 5.74) is 1.33. The van der Waals surface area contributed by atoms with E-state index in [1.54, 1.807) is 29.2 Å². The Morgan fingerprint density at radius 3 is 2.67 bits per heavy atom. The molecule has 1 aromatic carbocycles. The molecule has 0 bridgehead atoms. The zero-order valence-electron chi connectivity index (χ0n) is 12.0. The third kappa shape index (κ3) is 4.05. The zero-order valence-corrected chi connectivity index (χ0v) is 12.0. The van der Waals surface area contributed by atoms with Crippen molar-refractivity contribution in [3.63, 3.8) is 0 Å². The number of benzene rings is 1. The summed E-state index contributed by atoms with van der Waals surface area (Å²) in [6, 6.07) is 6.95. The zero-order chi connectivity index (χ0) is 15.2. The van der Waals surface area contributed by atoms with E-state index < -0.39 is 0 Å². The Bertz CT molecular complexity index is 544. The van der Waals surface area contributed by atoms with Gasteiger partial charge in [0, 0.05) is 24.2 Å². The number of carbonyl (C=O) groups excluding carboxylic acids is 1. The van der Waals surface area contributed by atoms with Gasteiger partial charge >= 0.3 is 0 Å². The van der Waals surface area contributed by atoms with Crippen LogP contribution in [0.15, 0.2) is 24.3 Å². The van der Waals surface area contributed by atoms with E-state index in [9.17, 15) is 9.90 Å². The van der Waals surface area contributed by atoms with Crippen LogP contribution in [-0.4, -0.2) is 59.5 Å². The fraction of sp³-hybridized carbons (Fsp3) is 0.438. The maximum atomic E-state index is 12.4. The van der Waals surface area contributed by atoms with E-state index in [1.807, 2.05) is 6.92 Å². The van der Waals surface area contributed by atoms with Crippen LogP contribution >= 0.6 is 0 Å². The van der Waals surface area contributed by atoms with Gasteiger partial charge in [-0.15, -0.1) is 0 Å². The van der Waals surface area contributed by atoms with Crippen molar-refractivity contribution in [2.24, 2.45) is 0 Å². The van der Waals surface area contributed by atoms with Gasteiger partial charge in [0.2, 0.25) is 0 Å². The van der Waals surface area contributed by atoms with Gasteiger partial charge in [-0.2, -0.15) is 0 Å². The molecule has 112 valence electrons. The van der Waals surface area contributed by atoms with E-state index in [0.717, 1.165) is 5.56 Å². The summed E-state index contributed by atoms with van der Waals surface area (Å²) < 4.78 is 5.53. The van der Waals surface area contributed by atoms with Crippen molar-refractivity contribution >= 4 is 5.91 Å². The number of hydrogen-bond donors (Lipinski definition) is 2. The SMILES string of the molecule is CC1CN(C(=O)c2ccc(C#CCO)cc2)CC(CO)O1. The first-order chi connectivity index (χ1) is 10.1. The number of nitrogens with zero attached hydrogens (tertiary/aromatic N) is 1. The van der Waals surface area contributed by atoms with E-state index in [-0.39, 0.29) is 31.3 Å². The molecule has 21 heavy (non-hydrogen) atoms. The Kier molecular flexibility index (Phi) is 5.34. The minimum absolute atomic E-state index is 0.0785. The molecule has 1 amide bonds. The maximum absolute atomic E-state index is 12.4. The highest BCUT2D eigenvalue weighted by Gasteiger charge is 2.28. The van der Waals surface area contributed by atoms with Gasteiger partial charge < -0.3 is 19.8 Å². The molecule has 0 spiro atoms. The van der Waals surface area contributed by atoms with Gasteiger partial charge in [0.1, 0.15) is 6.61 Å². The third-order valence-electron chi connectivity index (χ3n) is 3.26. The molecule has 5 nitrogen and oxygen atoms in total. The van der Waals surface area contributed by atoms with E-state index in [0.29, 0.717) is 18.7 Å². The van der Waals surface area contributed by atoms with Crippen molar-refractivity contribution in [1.82, 2.24) is 4.90 Å². The lowest BCUT2D eigenvalue weighted by Gasteiger charge is -2.36. The fourth-order valence-corrected chi connectivity index (χ4v) is 2.33. The van der Waals surface area contributed by atoms with Crippen molar-refractivity contribution in [2.45, 2.75) is 19.1 Å². The largest absolute Gasteiger partial charge is 0.394 e. The summed E-state index contributed by atoms with van der Waals surface area (Å²) >= 11 is 0. The second-order valence-electron chi connectivity index (χ2n) is 5.00. The van der Waals surface area contributed by atoms with Crippen molar-refractivity contribution in [2.75, 3.05) is 26.3 Å². The quantitative estimate of drug-likeness (QED) is 0.766. The molecule has 0 aromatic heterocycles. The van der Waals surface area contributed by atoms with Crippen LogP contribution in [0.25, 0.3) is 0 Å². The first-order valence-corrected chi connectivity index (χ1v) is 6.89. The molecule has 2 unspecified atom stereocenters. The highest BCUT2D eigenvalue weighted by atomic mass is 16.5. The first-order valence-electron chi connectivity index (χ1n) is 6.89. The highest BCUT2D eigenvalue weighted by Crippen LogP contribution is 2.15. The Morgan fingerprint density at radius 1 is 1.33 bits per heavy atom. The number of ether oxygens (including phenoxy) is 1. The molecule has 1 aliphatic rings. The minimum atomic E-state index is -0.326. The molecule has 5 heteroatoms. The number of rotatable bonds is 2. The lowest BCUT2D eigenvalue weighted by atomic mass is 10.1. The maximum Gasteiger partial charge on any atom is 0.254 e. The molecule has 2 atom stereocenters. The minimum Gasteiger partial charge on any atom is -0.394 e. The molecule has 2 N–H and O–H groups in total. The highest BCUT2D eigenvalue weighted by molar-refractivity contribution is 5.94. The Morgan fingerprint density at radius 2 is 2.05 bits per heavy atom. The summed E-state index contributed by atoms with van der Waals surface area (Å²) in [7, 11) is 0. The number of aliphatic hydroxyl groups excluding tert-OH is 2. The van der Waals surface area contributed by atoms with Crippen LogP contribution in [0.1, 0.15) is 22.8 Å². The predicted molar refractivity (Wildman–Crippen MR) is 77.7 cm³/mol. The summed E-state index contributed by atoms with van der Waals surface area (Å²) in [5, 5.41) is 17.8. The standard InChI is InChI=1S/C16H19NO4/c1-12-9-17(10-15(11-19)21-12)16(20)14-6-4-13(5-7-14)3-2-8-18/h4-7,12,15,18-19H,8-11H2,1H3. The van der Waals surface area contributed by atoms with Crippen LogP contribution in [0.5, 0.6) is 0 Å². The topological polar surface area (TPSA) is 70.0 Å². The lowest BCUT2D eigenvalue weighted by Crippen LogP contribution is -2.50. The molecule has 0 radical (unpaired) electrons. The second-order valence-corrected chi connectivity index (χ2v) is 5.00. The normalized spacial score (nSPS) is 21.6.